The number of amides is 2. The van der Waals surface area contributed by atoms with Crippen LogP contribution in [0.25, 0.3) is 0 Å². The van der Waals surface area contributed by atoms with Crippen LogP contribution >= 0.6 is 0 Å². The molecule has 5 N–H and O–H groups in total. The van der Waals surface area contributed by atoms with Crippen molar-refractivity contribution >= 4 is 11.8 Å². The van der Waals surface area contributed by atoms with Gasteiger partial charge in [0.15, 0.2) is 0 Å². The molecule has 0 aliphatic rings. The van der Waals surface area contributed by atoms with Crippen molar-refractivity contribution in [1.82, 2.24) is 5.32 Å². The van der Waals surface area contributed by atoms with Crippen molar-refractivity contribution in [3.63, 3.8) is 0 Å². The zero-order chi connectivity index (χ0) is 11.3. The lowest BCUT2D eigenvalue weighted by Crippen LogP contribution is -2.33. The van der Waals surface area contributed by atoms with Gasteiger partial charge in [-0.3, -0.25) is 9.59 Å². The molecule has 0 unspecified atom stereocenters. The van der Waals surface area contributed by atoms with Crippen molar-refractivity contribution in [2.24, 2.45) is 11.5 Å². The number of carbonyl (C=O) groups excluding carboxylic acids is 2. The van der Waals surface area contributed by atoms with Gasteiger partial charge in [-0.15, -0.1) is 0 Å². The molecule has 80 valence electrons. The number of nitrogens with one attached hydrogen (secondary N) is 1. The van der Waals surface area contributed by atoms with Gasteiger partial charge in [0.1, 0.15) is 0 Å². The number of rotatable bonds is 4. The maximum atomic E-state index is 11.5. The minimum Gasteiger partial charge on any atom is -0.368 e. The summed E-state index contributed by atoms with van der Waals surface area (Å²) in [6.45, 7) is 0.211. The first-order valence-corrected chi connectivity index (χ1v) is 4.49. The fourth-order valence-electron chi connectivity index (χ4n) is 1.11. The highest BCUT2D eigenvalue weighted by Crippen LogP contribution is 2.04. The van der Waals surface area contributed by atoms with Gasteiger partial charge >= 0.3 is 0 Å². The van der Waals surface area contributed by atoms with E-state index in [4.69, 9.17) is 11.5 Å². The van der Waals surface area contributed by atoms with Crippen molar-refractivity contribution in [3.05, 3.63) is 35.4 Å². The zero-order valence-electron chi connectivity index (χ0n) is 8.19. The smallest absolute Gasteiger partial charge is 0.251 e. The molecule has 0 saturated carbocycles. The summed E-state index contributed by atoms with van der Waals surface area (Å²) in [5, 5.41) is 2.40. The van der Waals surface area contributed by atoms with Gasteiger partial charge in [-0.25, -0.2) is 0 Å². The third kappa shape index (κ3) is 3.40. The van der Waals surface area contributed by atoms with Crippen molar-refractivity contribution < 1.29 is 9.59 Å². The molecule has 0 aliphatic heterocycles. The lowest BCUT2D eigenvalue weighted by molar-refractivity contribution is -0.117. The molecule has 0 saturated heterocycles. The van der Waals surface area contributed by atoms with E-state index in [1.807, 2.05) is 6.07 Å². The lowest BCUT2D eigenvalue weighted by atomic mass is 10.1. The Morgan fingerprint density at radius 3 is 2.67 bits per heavy atom. The summed E-state index contributed by atoms with van der Waals surface area (Å²) < 4.78 is 0. The molecule has 0 aromatic heterocycles. The quantitative estimate of drug-likeness (QED) is 0.612. The van der Waals surface area contributed by atoms with Crippen LogP contribution in [0.15, 0.2) is 24.3 Å². The van der Waals surface area contributed by atoms with Crippen LogP contribution in [-0.4, -0.2) is 18.4 Å². The van der Waals surface area contributed by atoms with Gasteiger partial charge in [-0.1, -0.05) is 12.1 Å². The molecular formula is C10H13N3O2. The van der Waals surface area contributed by atoms with Crippen LogP contribution < -0.4 is 16.8 Å². The second-order valence-electron chi connectivity index (χ2n) is 3.05. The Morgan fingerprint density at radius 1 is 1.33 bits per heavy atom. The number of hydrogen-bond donors (Lipinski definition) is 3. The van der Waals surface area contributed by atoms with Crippen LogP contribution in [0.5, 0.6) is 0 Å². The van der Waals surface area contributed by atoms with Gasteiger partial charge in [-0.2, -0.15) is 0 Å². The Morgan fingerprint density at radius 2 is 2.07 bits per heavy atom. The van der Waals surface area contributed by atoms with Crippen LogP contribution in [0.1, 0.15) is 15.9 Å². The second-order valence-corrected chi connectivity index (χ2v) is 3.05. The molecule has 15 heavy (non-hydrogen) atoms. The SMILES string of the molecule is NCc1cccc(C(=O)NCC(N)=O)c1. The molecule has 1 rings (SSSR count). The van der Waals surface area contributed by atoms with Crippen LogP contribution in [0.3, 0.4) is 0 Å². The summed E-state index contributed by atoms with van der Waals surface area (Å²) in [6.07, 6.45) is 0. The number of carbonyl (C=O) groups is 2. The predicted molar refractivity (Wildman–Crippen MR) is 55.9 cm³/mol. The standard InChI is InChI=1S/C10H13N3O2/c11-5-7-2-1-3-8(4-7)10(15)13-6-9(12)14/h1-4H,5-6,11H2,(H2,12,14)(H,13,15). The first kappa shape index (κ1) is 11.2. The van der Waals surface area contributed by atoms with Gasteiger partial charge in [-0.05, 0) is 17.7 Å². The monoisotopic (exact) mass is 207 g/mol. The highest BCUT2D eigenvalue weighted by Gasteiger charge is 2.06. The molecule has 2 amide bonds. The highest BCUT2D eigenvalue weighted by molar-refractivity contribution is 5.96. The summed E-state index contributed by atoms with van der Waals surface area (Å²) in [4.78, 5) is 21.9. The summed E-state index contributed by atoms with van der Waals surface area (Å²) in [6, 6.07) is 6.89. The molecule has 0 radical (unpaired) electrons. The molecule has 0 bridgehead atoms. The van der Waals surface area contributed by atoms with E-state index >= 15 is 0 Å². The molecule has 1 aromatic carbocycles. The maximum Gasteiger partial charge on any atom is 0.251 e. The Bertz CT molecular complexity index is 377. The summed E-state index contributed by atoms with van der Waals surface area (Å²) in [7, 11) is 0. The Kier molecular flexibility index (Phi) is 3.82. The average Bonchev–Trinajstić information content (AvgIpc) is 2.26. The molecule has 0 heterocycles. The number of nitrogens with two attached hydrogens (primary N) is 2. The lowest BCUT2D eigenvalue weighted by Gasteiger charge is -2.04. The van der Waals surface area contributed by atoms with Gasteiger partial charge in [0.05, 0.1) is 6.54 Å². The van der Waals surface area contributed by atoms with E-state index in [0.29, 0.717) is 12.1 Å². The van der Waals surface area contributed by atoms with Crippen molar-refractivity contribution in [3.8, 4) is 0 Å². The van der Waals surface area contributed by atoms with E-state index in [2.05, 4.69) is 5.32 Å². The summed E-state index contributed by atoms with van der Waals surface area (Å²) in [5.74, 6) is -0.901. The minimum absolute atomic E-state index is 0.161. The molecule has 0 atom stereocenters. The minimum atomic E-state index is -0.571. The zero-order valence-corrected chi connectivity index (χ0v) is 8.19. The number of hydrogen-bond acceptors (Lipinski definition) is 3. The van der Waals surface area contributed by atoms with E-state index in [1.165, 1.54) is 0 Å². The molecule has 0 aliphatic carbocycles. The van der Waals surface area contributed by atoms with Gasteiger partial charge in [0.25, 0.3) is 5.91 Å². The normalized spacial score (nSPS) is 9.67. The van der Waals surface area contributed by atoms with E-state index in [1.54, 1.807) is 18.2 Å². The van der Waals surface area contributed by atoms with Crippen molar-refractivity contribution in [2.45, 2.75) is 6.54 Å². The van der Waals surface area contributed by atoms with Crippen LogP contribution in [-0.2, 0) is 11.3 Å². The largest absolute Gasteiger partial charge is 0.368 e. The third-order valence-electron chi connectivity index (χ3n) is 1.85. The summed E-state index contributed by atoms with van der Waals surface area (Å²) >= 11 is 0. The van der Waals surface area contributed by atoms with Gasteiger partial charge in [0, 0.05) is 12.1 Å². The average molecular weight is 207 g/mol. The fraction of sp³-hybridized carbons (Fsp3) is 0.200. The number of primary amides is 1. The van der Waals surface area contributed by atoms with Crippen LogP contribution in [0.2, 0.25) is 0 Å². The molecule has 5 nitrogen and oxygen atoms in total. The van der Waals surface area contributed by atoms with Crippen molar-refractivity contribution in [2.75, 3.05) is 6.54 Å². The van der Waals surface area contributed by atoms with Crippen LogP contribution in [0.4, 0.5) is 0 Å². The highest BCUT2D eigenvalue weighted by atomic mass is 16.2. The first-order valence-electron chi connectivity index (χ1n) is 4.49. The van der Waals surface area contributed by atoms with Gasteiger partial charge < -0.3 is 16.8 Å². The van der Waals surface area contributed by atoms with Gasteiger partial charge in [0.2, 0.25) is 5.91 Å². The van der Waals surface area contributed by atoms with Crippen LogP contribution in [0, 0.1) is 0 Å². The van der Waals surface area contributed by atoms with E-state index in [0.717, 1.165) is 5.56 Å². The van der Waals surface area contributed by atoms with E-state index < -0.39 is 5.91 Å². The van der Waals surface area contributed by atoms with E-state index in [-0.39, 0.29) is 12.5 Å². The first-order chi connectivity index (χ1) is 7.13. The Labute approximate surface area is 87.4 Å². The third-order valence-corrected chi connectivity index (χ3v) is 1.85. The van der Waals surface area contributed by atoms with Crippen molar-refractivity contribution in [1.29, 1.82) is 0 Å². The summed E-state index contributed by atoms with van der Waals surface area (Å²) in [5.41, 5.74) is 11.7. The molecular weight excluding hydrogens is 194 g/mol. The fourth-order valence-corrected chi connectivity index (χ4v) is 1.11. The molecule has 1 aromatic rings. The second kappa shape index (κ2) is 5.11. The maximum absolute atomic E-state index is 11.5. The Hall–Kier alpha value is -1.88. The predicted octanol–water partition coefficient (Wildman–Crippen LogP) is -0.640. The van der Waals surface area contributed by atoms with E-state index in [9.17, 15) is 9.59 Å². The number of benzene rings is 1. The molecule has 0 fully saturated rings. The molecule has 5 heteroatoms. The topological polar surface area (TPSA) is 98.2 Å². The Balaban J connectivity index is 2.69. The molecule has 0 spiro atoms.